The van der Waals surface area contributed by atoms with Crippen molar-refractivity contribution in [3.63, 3.8) is 0 Å². The fourth-order valence-corrected chi connectivity index (χ4v) is 2.82. The normalized spacial score (nSPS) is 10.9. The molecule has 0 fully saturated rings. The van der Waals surface area contributed by atoms with E-state index in [2.05, 4.69) is 33.4 Å². The highest BCUT2D eigenvalue weighted by Crippen LogP contribution is 2.13. The molecule has 0 spiro atoms. The second kappa shape index (κ2) is 12.3. The van der Waals surface area contributed by atoms with Crippen LogP contribution in [0, 0.1) is 0 Å². The third-order valence-electron chi connectivity index (χ3n) is 4.13. The van der Waals surface area contributed by atoms with Gasteiger partial charge in [0.05, 0.1) is 12.8 Å². The molecule has 0 atom stereocenters. The number of hydrogen-bond acceptors (Lipinski definition) is 3. The molecule has 1 N–H and O–H groups in total. The third kappa shape index (κ3) is 8.39. The summed E-state index contributed by atoms with van der Waals surface area (Å²) in [6.07, 6.45) is 9.15. The van der Waals surface area contributed by atoms with E-state index in [4.69, 9.17) is 4.74 Å². The van der Waals surface area contributed by atoms with Gasteiger partial charge in [-0.2, -0.15) is 5.10 Å². The number of nitrogens with one attached hydrogen (secondary N) is 1. The van der Waals surface area contributed by atoms with E-state index in [1.807, 2.05) is 36.4 Å². The lowest BCUT2D eigenvalue weighted by atomic mass is 10.1. The van der Waals surface area contributed by atoms with Crippen molar-refractivity contribution in [1.29, 1.82) is 0 Å². The monoisotopic (exact) mass is 430 g/mol. The fraction of sp³-hybridized carbons (Fsp3) is 0.364. The van der Waals surface area contributed by atoms with Gasteiger partial charge >= 0.3 is 0 Å². The summed E-state index contributed by atoms with van der Waals surface area (Å²) in [4.78, 5) is 12.0. The molecule has 0 aliphatic heterocycles. The first-order valence-corrected chi connectivity index (χ1v) is 10.3. The molecular weight excluding hydrogens is 404 g/mol. The van der Waals surface area contributed by atoms with Crippen molar-refractivity contribution >= 4 is 28.1 Å². The van der Waals surface area contributed by atoms with Crippen LogP contribution >= 0.6 is 15.9 Å². The van der Waals surface area contributed by atoms with E-state index in [0.717, 1.165) is 28.8 Å². The zero-order valence-electron chi connectivity index (χ0n) is 15.8. The molecule has 1 amide bonds. The maximum Gasteiger partial charge on any atom is 0.271 e. The van der Waals surface area contributed by atoms with Crippen molar-refractivity contribution in [2.45, 2.75) is 45.4 Å². The lowest BCUT2D eigenvalue weighted by molar-refractivity contribution is 0.0955. The molecule has 0 heterocycles. The molecule has 27 heavy (non-hydrogen) atoms. The van der Waals surface area contributed by atoms with Gasteiger partial charge in [0.15, 0.2) is 0 Å². The topological polar surface area (TPSA) is 50.7 Å². The predicted octanol–water partition coefficient (Wildman–Crippen LogP) is 5.95. The van der Waals surface area contributed by atoms with E-state index in [9.17, 15) is 4.79 Å². The first-order chi connectivity index (χ1) is 13.2. The number of amides is 1. The highest BCUT2D eigenvalue weighted by molar-refractivity contribution is 9.10. The van der Waals surface area contributed by atoms with Crippen LogP contribution < -0.4 is 10.2 Å². The van der Waals surface area contributed by atoms with Crippen molar-refractivity contribution < 1.29 is 9.53 Å². The Balaban J connectivity index is 1.69. The Hall–Kier alpha value is -2.14. The van der Waals surface area contributed by atoms with Crippen molar-refractivity contribution in [2.75, 3.05) is 6.61 Å². The minimum atomic E-state index is -0.238. The minimum absolute atomic E-state index is 0.238. The largest absolute Gasteiger partial charge is 0.494 e. The van der Waals surface area contributed by atoms with Gasteiger partial charge in [0.1, 0.15) is 5.75 Å². The van der Waals surface area contributed by atoms with Crippen LogP contribution in [0.1, 0.15) is 61.4 Å². The average molecular weight is 431 g/mol. The summed E-state index contributed by atoms with van der Waals surface area (Å²) in [5, 5.41) is 4.00. The quantitative estimate of drug-likeness (QED) is 0.271. The number of rotatable bonds is 11. The SMILES string of the molecule is CCCCCCCCOc1ccc(C=NNC(=O)c2ccc(Br)cc2)cc1. The smallest absolute Gasteiger partial charge is 0.271 e. The molecule has 2 rings (SSSR count). The summed E-state index contributed by atoms with van der Waals surface area (Å²) in [5.41, 5.74) is 3.99. The number of halogens is 1. The summed E-state index contributed by atoms with van der Waals surface area (Å²) < 4.78 is 6.69. The molecule has 0 unspecified atom stereocenters. The van der Waals surface area contributed by atoms with E-state index >= 15 is 0 Å². The molecule has 5 heteroatoms. The molecule has 0 aromatic heterocycles. The fourth-order valence-electron chi connectivity index (χ4n) is 2.55. The van der Waals surface area contributed by atoms with Crippen LogP contribution in [-0.4, -0.2) is 18.7 Å². The molecule has 2 aromatic carbocycles. The van der Waals surface area contributed by atoms with Crippen molar-refractivity contribution in [3.05, 3.63) is 64.1 Å². The summed E-state index contributed by atoms with van der Waals surface area (Å²) >= 11 is 3.34. The molecule has 2 aromatic rings. The van der Waals surface area contributed by atoms with Crippen LogP contribution in [0.3, 0.4) is 0 Å². The van der Waals surface area contributed by atoms with Crippen LogP contribution in [0.25, 0.3) is 0 Å². The lowest BCUT2D eigenvalue weighted by Gasteiger charge is -2.06. The van der Waals surface area contributed by atoms with Crippen molar-refractivity contribution in [3.8, 4) is 5.75 Å². The van der Waals surface area contributed by atoms with Crippen LogP contribution in [0.5, 0.6) is 5.75 Å². The average Bonchev–Trinajstić information content (AvgIpc) is 2.69. The van der Waals surface area contributed by atoms with Gasteiger partial charge < -0.3 is 4.74 Å². The molecule has 144 valence electrons. The number of benzene rings is 2. The Labute approximate surface area is 170 Å². The van der Waals surface area contributed by atoms with Crippen LogP contribution in [0.4, 0.5) is 0 Å². The summed E-state index contributed by atoms with van der Waals surface area (Å²) in [6, 6.07) is 14.8. The molecular formula is C22H27BrN2O2. The number of hydrazone groups is 1. The number of nitrogens with zero attached hydrogens (tertiary/aromatic N) is 1. The van der Waals surface area contributed by atoms with Gasteiger partial charge in [0.2, 0.25) is 0 Å². The first kappa shape index (κ1) is 21.2. The van der Waals surface area contributed by atoms with Gasteiger partial charge in [0.25, 0.3) is 5.91 Å². The van der Waals surface area contributed by atoms with Crippen LogP contribution in [-0.2, 0) is 0 Å². The second-order valence-electron chi connectivity index (χ2n) is 6.39. The number of unbranched alkanes of at least 4 members (excludes halogenated alkanes) is 5. The minimum Gasteiger partial charge on any atom is -0.494 e. The molecule has 4 nitrogen and oxygen atoms in total. The number of hydrogen-bond donors (Lipinski definition) is 1. The van der Waals surface area contributed by atoms with Gasteiger partial charge in [-0.15, -0.1) is 0 Å². The third-order valence-corrected chi connectivity index (χ3v) is 4.66. The van der Waals surface area contributed by atoms with Gasteiger partial charge in [-0.1, -0.05) is 55.0 Å². The van der Waals surface area contributed by atoms with Gasteiger partial charge in [-0.05, 0) is 60.5 Å². The number of ether oxygens (including phenoxy) is 1. The Kier molecular flexibility index (Phi) is 9.63. The molecule has 0 bridgehead atoms. The molecule has 0 aliphatic carbocycles. The number of carbonyl (C=O) groups excluding carboxylic acids is 1. The Morgan fingerprint density at radius 1 is 1.00 bits per heavy atom. The Morgan fingerprint density at radius 2 is 1.67 bits per heavy atom. The van der Waals surface area contributed by atoms with Crippen LogP contribution in [0.2, 0.25) is 0 Å². The predicted molar refractivity (Wildman–Crippen MR) is 115 cm³/mol. The zero-order chi connectivity index (χ0) is 19.3. The van der Waals surface area contributed by atoms with Gasteiger partial charge in [-0.3, -0.25) is 4.79 Å². The summed E-state index contributed by atoms with van der Waals surface area (Å²) in [6.45, 7) is 2.98. The highest BCUT2D eigenvalue weighted by atomic mass is 79.9. The molecule has 0 aliphatic rings. The lowest BCUT2D eigenvalue weighted by Crippen LogP contribution is -2.17. The van der Waals surface area contributed by atoms with E-state index < -0.39 is 0 Å². The first-order valence-electron chi connectivity index (χ1n) is 9.51. The van der Waals surface area contributed by atoms with E-state index in [-0.39, 0.29) is 5.91 Å². The Morgan fingerprint density at radius 3 is 2.37 bits per heavy atom. The Bertz CT molecular complexity index is 712. The highest BCUT2D eigenvalue weighted by Gasteiger charge is 2.03. The molecule has 0 saturated carbocycles. The standard InChI is InChI=1S/C22H27BrN2O2/c1-2-3-4-5-6-7-16-27-21-14-8-18(9-15-21)17-24-25-22(26)19-10-12-20(23)13-11-19/h8-15,17H,2-7,16H2,1H3,(H,25,26). The maximum atomic E-state index is 12.0. The van der Waals surface area contributed by atoms with E-state index in [1.165, 1.54) is 32.1 Å². The van der Waals surface area contributed by atoms with E-state index in [0.29, 0.717) is 5.56 Å². The van der Waals surface area contributed by atoms with Gasteiger partial charge in [-0.25, -0.2) is 5.43 Å². The molecule has 0 radical (unpaired) electrons. The van der Waals surface area contributed by atoms with Crippen molar-refractivity contribution in [2.24, 2.45) is 5.10 Å². The summed E-state index contributed by atoms with van der Waals surface area (Å²) in [7, 11) is 0. The van der Waals surface area contributed by atoms with Crippen LogP contribution in [0.15, 0.2) is 58.1 Å². The van der Waals surface area contributed by atoms with Crippen molar-refractivity contribution in [1.82, 2.24) is 5.43 Å². The van der Waals surface area contributed by atoms with E-state index in [1.54, 1.807) is 18.3 Å². The molecule has 0 saturated heterocycles. The summed E-state index contributed by atoms with van der Waals surface area (Å²) in [5.74, 6) is 0.622. The van der Waals surface area contributed by atoms with Gasteiger partial charge in [0, 0.05) is 10.0 Å². The number of carbonyl (C=O) groups is 1. The maximum absolute atomic E-state index is 12.0. The second-order valence-corrected chi connectivity index (χ2v) is 7.31. The zero-order valence-corrected chi connectivity index (χ0v) is 17.4.